The van der Waals surface area contributed by atoms with E-state index in [9.17, 15) is 12.8 Å². The lowest BCUT2D eigenvalue weighted by molar-refractivity contribution is -0.0912. The van der Waals surface area contributed by atoms with Crippen molar-refractivity contribution in [3.8, 4) is 11.4 Å². The van der Waals surface area contributed by atoms with Gasteiger partial charge in [-0.3, -0.25) is 0 Å². The molecule has 0 N–H and O–H groups in total. The van der Waals surface area contributed by atoms with E-state index in [2.05, 4.69) is 24.0 Å². The lowest BCUT2D eigenvalue weighted by Crippen LogP contribution is -2.36. The molecule has 176 valence electrons. The molecule has 7 nitrogen and oxygen atoms in total. The Morgan fingerprint density at radius 3 is 2.59 bits per heavy atom. The van der Waals surface area contributed by atoms with Gasteiger partial charge in [0.25, 0.3) is 5.89 Å². The number of sulfone groups is 1. The summed E-state index contributed by atoms with van der Waals surface area (Å²) in [4.78, 5) is 4.37. The third-order valence-corrected chi connectivity index (χ3v) is 7.16. The average Bonchev–Trinajstić information content (AvgIpc) is 3.30. The molecule has 1 saturated heterocycles. The molecule has 2 aliphatic rings. The van der Waals surface area contributed by atoms with Crippen molar-refractivity contribution in [3.63, 3.8) is 0 Å². The molecule has 2 aromatic rings. The summed E-state index contributed by atoms with van der Waals surface area (Å²) in [6, 6.07) is 4.25. The molecule has 2 heterocycles. The maximum atomic E-state index is 14.3. The van der Waals surface area contributed by atoms with Crippen molar-refractivity contribution in [1.82, 2.24) is 10.1 Å². The summed E-state index contributed by atoms with van der Waals surface area (Å²) in [6.45, 7) is 7.19. The van der Waals surface area contributed by atoms with Gasteiger partial charge < -0.3 is 14.0 Å². The first-order valence-corrected chi connectivity index (χ1v) is 13.1. The molecular formula is C23H31FN2O5S. The predicted molar refractivity (Wildman–Crippen MR) is 117 cm³/mol. The van der Waals surface area contributed by atoms with E-state index < -0.39 is 15.7 Å². The fourth-order valence-corrected chi connectivity index (χ4v) is 5.65. The Morgan fingerprint density at radius 1 is 1.28 bits per heavy atom. The fraction of sp³-hybridized carbons (Fsp3) is 0.652. The minimum absolute atomic E-state index is 0.00238. The minimum Gasteiger partial charge on any atom is -0.374 e. The third kappa shape index (κ3) is 5.38. The van der Waals surface area contributed by atoms with Gasteiger partial charge in [-0.05, 0) is 50.5 Å². The Balaban J connectivity index is 1.36. The van der Waals surface area contributed by atoms with Crippen LogP contribution in [0.1, 0.15) is 70.4 Å². The number of aromatic nitrogens is 2. The Bertz CT molecular complexity index is 1070. The molecule has 0 radical (unpaired) electrons. The molecule has 0 amide bonds. The van der Waals surface area contributed by atoms with Crippen LogP contribution >= 0.6 is 0 Å². The van der Waals surface area contributed by atoms with E-state index in [1.165, 1.54) is 12.1 Å². The zero-order valence-corrected chi connectivity index (χ0v) is 19.9. The van der Waals surface area contributed by atoms with Gasteiger partial charge in [0, 0.05) is 17.4 Å². The average molecular weight is 467 g/mol. The number of ether oxygens (including phenoxy) is 2. The topological polar surface area (TPSA) is 91.5 Å². The molecule has 1 atom stereocenters. The van der Waals surface area contributed by atoms with Crippen molar-refractivity contribution in [2.24, 2.45) is 5.41 Å². The van der Waals surface area contributed by atoms with Gasteiger partial charge in [0.15, 0.2) is 9.84 Å². The van der Waals surface area contributed by atoms with Crippen molar-refractivity contribution in [2.75, 3.05) is 12.9 Å². The summed E-state index contributed by atoms with van der Waals surface area (Å²) in [7, 11) is -3.33. The Labute approximate surface area is 188 Å². The van der Waals surface area contributed by atoms with Gasteiger partial charge in [-0.2, -0.15) is 4.98 Å². The first kappa shape index (κ1) is 23.3. The monoisotopic (exact) mass is 466 g/mol. The molecule has 0 bridgehead atoms. The van der Waals surface area contributed by atoms with E-state index >= 15 is 0 Å². The zero-order chi connectivity index (χ0) is 23.1. The van der Waals surface area contributed by atoms with Crippen LogP contribution in [0.5, 0.6) is 0 Å². The Hall–Kier alpha value is -1.84. The molecule has 1 saturated carbocycles. The minimum atomic E-state index is -3.33. The van der Waals surface area contributed by atoms with Gasteiger partial charge in [-0.25, -0.2) is 12.8 Å². The molecule has 1 aliphatic heterocycles. The summed E-state index contributed by atoms with van der Waals surface area (Å²) in [5.74, 6) is -0.396. The van der Waals surface area contributed by atoms with E-state index in [0.29, 0.717) is 11.5 Å². The highest BCUT2D eigenvalue weighted by Crippen LogP contribution is 2.47. The second-order valence-corrected chi connectivity index (χ2v) is 12.3. The van der Waals surface area contributed by atoms with Crippen LogP contribution in [0, 0.1) is 11.2 Å². The zero-order valence-electron chi connectivity index (χ0n) is 19.1. The molecule has 2 fully saturated rings. The third-order valence-electron chi connectivity index (χ3n) is 6.33. The van der Waals surface area contributed by atoms with Crippen LogP contribution in [0.25, 0.3) is 11.4 Å². The number of hydrogen-bond acceptors (Lipinski definition) is 7. The smallest absolute Gasteiger partial charge is 0.255 e. The molecule has 1 aliphatic carbocycles. The number of benzene rings is 1. The normalized spacial score (nSPS) is 26.5. The number of hydrogen-bond donors (Lipinski definition) is 0. The molecule has 1 aromatic heterocycles. The lowest BCUT2D eigenvalue weighted by atomic mass is 9.75. The number of rotatable bonds is 6. The van der Waals surface area contributed by atoms with Crippen LogP contribution in [0.15, 0.2) is 22.7 Å². The first-order chi connectivity index (χ1) is 14.9. The molecule has 1 aromatic carbocycles. The molecular weight excluding hydrogens is 435 g/mol. The van der Waals surface area contributed by atoms with Gasteiger partial charge >= 0.3 is 0 Å². The summed E-state index contributed by atoms with van der Waals surface area (Å²) in [5.41, 5.74) is 0.769. The van der Waals surface area contributed by atoms with Crippen LogP contribution in [0.4, 0.5) is 4.39 Å². The molecule has 4 rings (SSSR count). The van der Waals surface area contributed by atoms with Gasteiger partial charge in [0.2, 0.25) is 5.82 Å². The highest BCUT2D eigenvalue weighted by molar-refractivity contribution is 7.89. The summed E-state index contributed by atoms with van der Waals surface area (Å²) in [6.07, 6.45) is 5.71. The first-order valence-electron chi connectivity index (χ1n) is 11.0. The van der Waals surface area contributed by atoms with Gasteiger partial charge in [-0.15, -0.1) is 0 Å². The quantitative estimate of drug-likeness (QED) is 0.613. The molecule has 9 heteroatoms. The van der Waals surface area contributed by atoms with Gasteiger partial charge in [0.05, 0.1) is 24.1 Å². The SMILES string of the molecule is CC(OC1CCC2(CC1)CC(C)(C)CO2)c1nc(-c2ccc(CS(C)(=O)=O)c(F)c2)no1. The van der Waals surface area contributed by atoms with Crippen molar-refractivity contribution >= 4 is 9.84 Å². The van der Waals surface area contributed by atoms with E-state index in [4.69, 9.17) is 14.0 Å². The second-order valence-electron chi connectivity index (χ2n) is 10.1. The largest absolute Gasteiger partial charge is 0.374 e. The fourth-order valence-electron chi connectivity index (χ4n) is 4.85. The van der Waals surface area contributed by atoms with E-state index in [1.807, 2.05) is 6.92 Å². The summed E-state index contributed by atoms with van der Waals surface area (Å²) < 4.78 is 54.9. The predicted octanol–water partition coefficient (Wildman–Crippen LogP) is 4.63. The molecule has 32 heavy (non-hydrogen) atoms. The van der Waals surface area contributed by atoms with Crippen LogP contribution < -0.4 is 0 Å². The maximum Gasteiger partial charge on any atom is 0.255 e. The van der Waals surface area contributed by atoms with Crippen molar-refractivity contribution in [3.05, 3.63) is 35.5 Å². The van der Waals surface area contributed by atoms with Crippen molar-refractivity contribution in [1.29, 1.82) is 0 Å². The highest BCUT2D eigenvalue weighted by Gasteiger charge is 2.46. The standard InChI is InChI=1S/C23H31FN2O5S/c1-15(30-18-7-9-23(10-8-18)13-22(2,3)14-29-23)21-25-20(26-31-21)16-5-6-17(19(24)11-16)12-32(4,27)28/h5-6,11,15,18H,7-10,12-14H2,1-4H3. The van der Waals surface area contributed by atoms with Crippen molar-refractivity contribution < 1.29 is 26.8 Å². The van der Waals surface area contributed by atoms with Crippen LogP contribution in [0.3, 0.4) is 0 Å². The van der Waals surface area contributed by atoms with E-state index in [0.717, 1.165) is 45.0 Å². The molecule has 1 spiro atoms. The number of nitrogens with zero attached hydrogens (tertiary/aromatic N) is 2. The van der Waals surface area contributed by atoms with Gasteiger partial charge in [-0.1, -0.05) is 31.1 Å². The summed E-state index contributed by atoms with van der Waals surface area (Å²) in [5, 5.41) is 3.95. The van der Waals surface area contributed by atoms with Crippen LogP contribution in [-0.4, -0.2) is 43.1 Å². The highest BCUT2D eigenvalue weighted by atomic mass is 32.2. The van der Waals surface area contributed by atoms with Crippen molar-refractivity contribution in [2.45, 2.75) is 76.4 Å². The van der Waals surface area contributed by atoms with Gasteiger partial charge in [0.1, 0.15) is 11.9 Å². The molecule has 1 unspecified atom stereocenters. The summed E-state index contributed by atoms with van der Waals surface area (Å²) >= 11 is 0. The van der Waals surface area contributed by atoms with Crippen LogP contribution in [-0.2, 0) is 25.1 Å². The lowest BCUT2D eigenvalue weighted by Gasteiger charge is -2.37. The second kappa shape index (κ2) is 8.50. The van der Waals surface area contributed by atoms with E-state index in [-0.39, 0.29) is 40.4 Å². The Morgan fingerprint density at radius 2 is 2.00 bits per heavy atom. The number of halogens is 1. The van der Waals surface area contributed by atoms with E-state index in [1.54, 1.807) is 6.07 Å². The Kier molecular flexibility index (Phi) is 6.19. The van der Waals surface area contributed by atoms with Crippen LogP contribution in [0.2, 0.25) is 0 Å². The maximum absolute atomic E-state index is 14.3.